The molecule has 3 nitrogen and oxygen atoms in total. The molecule has 7 atom stereocenters. The molecule has 4 aliphatic carbocycles. The third kappa shape index (κ3) is 2.59. The van der Waals surface area contributed by atoms with Gasteiger partial charge in [0.1, 0.15) is 12.0 Å². The van der Waals surface area contributed by atoms with E-state index in [1.165, 1.54) is 24.0 Å². The summed E-state index contributed by atoms with van der Waals surface area (Å²) in [7, 11) is 0. The molecule has 4 fully saturated rings. The summed E-state index contributed by atoms with van der Waals surface area (Å²) < 4.78 is 2.46. The van der Waals surface area contributed by atoms with Crippen LogP contribution in [0.25, 0.3) is 0 Å². The van der Waals surface area contributed by atoms with Crippen molar-refractivity contribution in [1.82, 2.24) is 5.01 Å². The minimum absolute atomic E-state index is 0.0691. The number of carbonyl (C=O) groups is 1. The van der Waals surface area contributed by atoms with Gasteiger partial charge in [-0.05, 0) is 53.6 Å². The normalized spacial score (nSPS) is 40.0. The van der Waals surface area contributed by atoms with Crippen LogP contribution >= 0.6 is 0 Å². The maximum absolute atomic E-state index is 14.3. The van der Waals surface area contributed by atoms with Crippen LogP contribution in [0.1, 0.15) is 56.6 Å². The van der Waals surface area contributed by atoms with Crippen LogP contribution in [0.4, 0.5) is 0 Å². The van der Waals surface area contributed by atoms with Crippen LogP contribution in [0.2, 0.25) is 0 Å². The van der Waals surface area contributed by atoms with Gasteiger partial charge in [0.25, 0.3) is 5.91 Å². The van der Waals surface area contributed by atoms with Crippen molar-refractivity contribution in [3.63, 3.8) is 0 Å². The van der Waals surface area contributed by atoms with Crippen LogP contribution in [0.15, 0.2) is 72.8 Å². The van der Waals surface area contributed by atoms with Gasteiger partial charge in [-0.1, -0.05) is 86.7 Å². The predicted octanol–water partition coefficient (Wildman–Crippen LogP) is 5.83. The monoisotopic (exact) mass is 451 g/mol. The highest BCUT2D eigenvalue weighted by molar-refractivity contribution is 5.86. The van der Waals surface area contributed by atoms with E-state index < -0.39 is 0 Å². The number of carbonyl (C=O) groups excluding carboxylic acids is 1. The van der Waals surface area contributed by atoms with Gasteiger partial charge < -0.3 is 0 Å². The zero-order valence-corrected chi connectivity index (χ0v) is 20.3. The molecule has 4 bridgehead atoms. The summed E-state index contributed by atoms with van der Waals surface area (Å²) in [6.07, 6.45) is 12.0. The first-order valence-corrected chi connectivity index (χ1v) is 13.2. The standard InChI is InChI=1S/C31H35N2O/c1-30(2)25-15-16-31(30)27(18-25)32(33(29(31)34)19-21-9-5-3-6-10-21)20-26-23-13-14-24(17-23)28(26)22-11-7-4-8-12-22/h3-14,20,23-28H,15-19H2,1-2H3/q+1/b32-20+/t23-,24+,25-,26-,27-,28-,31+/m1/s1. The molecule has 5 aliphatic rings. The van der Waals surface area contributed by atoms with Crippen molar-refractivity contribution in [3.05, 3.63) is 83.9 Å². The number of hydrazine groups is 1. The zero-order valence-electron chi connectivity index (χ0n) is 20.3. The van der Waals surface area contributed by atoms with Crippen molar-refractivity contribution >= 4 is 12.1 Å². The van der Waals surface area contributed by atoms with Crippen LogP contribution in [0.3, 0.4) is 0 Å². The molecule has 3 heteroatoms. The van der Waals surface area contributed by atoms with Crippen molar-refractivity contribution in [2.24, 2.45) is 34.5 Å². The SMILES string of the molecule is CC1(C)[C@@H]2CC[C@]13C(=O)N(Cc1ccccc1)/[N+](=C/[C@H]1[C@H](c4ccccc4)[C@H]4C=C[C@@H]1C4)[C@@H]3C2. The Balaban J connectivity index is 1.34. The van der Waals surface area contributed by atoms with E-state index in [4.69, 9.17) is 0 Å². The minimum atomic E-state index is -0.237. The fourth-order valence-electron chi connectivity index (χ4n) is 8.77. The van der Waals surface area contributed by atoms with Gasteiger partial charge in [-0.25, -0.2) is 0 Å². The molecule has 0 unspecified atom stereocenters. The summed E-state index contributed by atoms with van der Waals surface area (Å²) >= 11 is 0. The molecule has 1 amide bonds. The van der Waals surface area contributed by atoms with Gasteiger partial charge in [0.15, 0.2) is 12.3 Å². The third-order valence-electron chi connectivity index (χ3n) is 10.6. The van der Waals surface area contributed by atoms with Gasteiger partial charge in [-0.15, -0.1) is 9.69 Å². The second-order valence-electron chi connectivity index (χ2n) is 12.0. The number of hydrogen-bond donors (Lipinski definition) is 0. The van der Waals surface area contributed by atoms with Gasteiger partial charge in [-0.2, -0.15) is 0 Å². The van der Waals surface area contributed by atoms with E-state index in [1.807, 2.05) is 0 Å². The lowest BCUT2D eigenvalue weighted by Crippen LogP contribution is -2.43. The van der Waals surface area contributed by atoms with Crippen LogP contribution < -0.4 is 0 Å². The van der Waals surface area contributed by atoms with E-state index in [-0.39, 0.29) is 10.8 Å². The van der Waals surface area contributed by atoms with Gasteiger partial charge in [0.05, 0.1) is 5.92 Å². The highest BCUT2D eigenvalue weighted by atomic mass is 16.2. The number of nitrogens with zero attached hydrogens (tertiary/aromatic N) is 2. The van der Waals surface area contributed by atoms with E-state index in [2.05, 4.69) is 103 Å². The Kier molecular flexibility index (Phi) is 4.36. The lowest BCUT2D eigenvalue weighted by atomic mass is 9.67. The molecule has 3 saturated carbocycles. The molecule has 1 heterocycles. The fourth-order valence-corrected chi connectivity index (χ4v) is 8.77. The number of hydrazone groups is 1. The van der Waals surface area contributed by atoms with Gasteiger partial charge in [-0.3, -0.25) is 4.79 Å². The summed E-state index contributed by atoms with van der Waals surface area (Å²) in [6, 6.07) is 21.9. The van der Waals surface area contributed by atoms with E-state index >= 15 is 0 Å². The van der Waals surface area contributed by atoms with Crippen LogP contribution in [-0.4, -0.2) is 27.9 Å². The lowest BCUT2D eigenvalue weighted by molar-refractivity contribution is -0.689. The molecule has 2 aromatic carbocycles. The smallest absolute Gasteiger partial charge is 0.268 e. The Bertz CT molecular complexity index is 1180. The molecule has 0 aromatic heterocycles. The highest BCUT2D eigenvalue weighted by Gasteiger charge is 2.78. The van der Waals surface area contributed by atoms with Crippen molar-refractivity contribution in [1.29, 1.82) is 0 Å². The Morgan fingerprint density at radius 1 is 0.971 bits per heavy atom. The molecule has 174 valence electrons. The largest absolute Gasteiger partial charge is 0.291 e. The van der Waals surface area contributed by atoms with Crippen LogP contribution in [0.5, 0.6) is 0 Å². The molecule has 2 aromatic rings. The summed E-state index contributed by atoms with van der Waals surface area (Å²) in [4.78, 5) is 14.3. The fraction of sp³-hybridized carbons (Fsp3) is 0.484. The van der Waals surface area contributed by atoms with Gasteiger partial charge >= 0.3 is 0 Å². The zero-order chi connectivity index (χ0) is 23.1. The number of benzene rings is 2. The maximum atomic E-state index is 14.3. The van der Waals surface area contributed by atoms with E-state index in [1.54, 1.807) is 0 Å². The molecule has 1 spiro atoms. The summed E-state index contributed by atoms with van der Waals surface area (Å²) in [6.45, 7) is 5.42. The maximum Gasteiger partial charge on any atom is 0.291 e. The number of amides is 1. The highest BCUT2D eigenvalue weighted by Crippen LogP contribution is 2.69. The van der Waals surface area contributed by atoms with E-state index in [0.717, 1.165) is 12.8 Å². The Labute approximate surface area is 203 Å². The number of rotatable bonds is 4. The quantitative estimate of drug-likeness (QED) is 0.424. The van der Waals surface area contributed by atoms with Crippen molar-refractivity contribution in [2.75, 3.05) is 0 Å². The second kappa shape index (κ2) is 7.16. The second-order valence-corrected chi connectivity index (χ2v) is 12.0. The third-order valence-corrected chi connectivity index (χ3v) is 10.6. The van der Waals surface area contributed by atoms with Gasteiger partial charge in [0, 0.05) is 12.3 Å². The summed E-state index contributed by atoms with van der Waals surface area (Å²) in [5.74, 6) is 3.17. The van der Waals surface area contributed by atoms with Gasteiger partial charge in [0.2, 0.25) is 0 Å². The van der Waals surface area contributed by atoms with E-state index in [9.17, 15) is 4.79 Å². The number of hydrogen-bond acceptors (Lipinski definition) is 1. The average molecular weight is 452 g/mol. The van der Waals surface area contributed by atoms with Crippen molar-refractivity contribution in [2.45, 2.75) is 58.0 Å². The topological polar surface area (TPSA) is 23.3 Å². The lowest BCUT2D eigenvalue weighted by Gasteiger charge is -2.31. The van der Waals surface area contributed by atoms with Crippen LogP contribution in [0, 0.1) is 34.5 Å². The molecular formula is C31H35N2O+. The molecule has 1 saturated heterocycles. The first-order valence-electron chi connectivity index (χ1n) is 13.2. The number of allylic oxidation sites excluding steroid dienone is 2. The molecule has 0 radical (unpaired) electrons. The molecule has 34 heavy (non-hydrogen) atoms. The van der Waals surface area contributed by atoms with E-state index in [0.29, 0.717) is 48.1 Å². The van der Waals surface area contributed by atoms with Crippen molar-refractivity contribution in [3.8, 4) is 0 Å². The first-order chi connectivity index (χ1) is 16.5. The Morgan fingerprint density at radius 3 is 2.41 bits per heavy atom. The molecule has 0 N–H and O–H groups in total. The average Bonchev–Trinajstić information content (AvgIpc) is 3.62. The first kappa shape index (κ1) is 20.7. The Morgan fingerprint density at radius 2 is 1.68 bits per heavy atom. The molecular weight excluding hydrogens is 416 g/mol. The predicted molar refractivity (Wildman–Crippen MR) is 134 cm³/mol. The summed E-state index contributed by atoms with van der Waals surface area (Å²) in [5, 5.41) is 2.14. The Hall–Kier alpha value is -2.68. The van der Waals surface area contributed by atoms with Crippen molar-refractivity contribution < 1.29 is 9.48 Å². The van der Waals surface area contributed by atoms with Crippen LogP contribution in [-0.2, 0) is 11.3 Å². The molecule has 1 aliphatic heterocycles. The summed E-state index contributed by atoms with van der Waals surface area (Å²) in [5.41, 5.74) is 2.49. The number of fused-ring (bicyclic) bond motifs is 3. The minimum Gasteiger partial charge on any atom is -0.268 e. The molecule has 7 rings (SSSR count).